The van der Waals surface area contributed by atoms with Gasteiger partial charge < -0.3 is 19.9 Å². The molecule has 1 aliphatic rings. The molecule has 2 aromatic carbocycles. The van der Waals surface area contributed by atoms with Crippen LogP contribution in [0.15, 0.2) is 59.4 Å². The zero-order valence-electron chi connectivity index (χ0n) is 15.8. The summed E-state index contributed by atoms with van der Waals surface area (Å²) in [7, 11) is 1.43. The number of anilines is 2. The fourth-order valence-corrected chi connectivity index (χ4v) is 3.75. The van der Waals surface area contributed by atoms with Gasteiger partial charge in [0, 0.05) is 35.5 Å². The number of aromatic nitrogens is 1. The topological polar surface area (TPSA) is 74.4 Å². The molecule has 1 saturated heterocycles. The molecule has 2 N–H and O–H groups in total. The lowest BCUT2D eigenvalue weighted by Gasteiger charge is -2.25. The first-order valence-electron chi connectivity index (χ1n) is 9.45. The highest BCUT2D eigenvalue weighted by atomic mass is 16.5. The molecule has 0 saturated carbocycles. The highest BCUT2D eigenvalue weighted by Gasteiger charge is 2.31. The summed E-state index contributed by atoms with van der Waals surface area (Å²) in [5.74, 6) is -0.185. The molecule has 3 aromatic rings. The Bertz CT molecular complexity index is 1040. The molecule has 6 nitrogen and oxygen atoms in total. The molecule has 1 unspecified atom stereocenters. The van der Waals surface area contributed by atoms with Crippen LogP contribution in [0.1, 0.15) is 18.4 Å². The normalized spacial score (nSPS) is 16.3. The lowest BCUT2D eigenvalue weighted by atomic mass is 10.1. The molecule has 28 heavy (non-hydrogen) atoms. The monoisotopic (exact) mass is 377 g/mol. The van der Waals surface area contributed by atoms with Crippen molar-refractivity contribution in [3.63, 3.8) is 0 Å². The minimum Gasteiger partial charge on any atom is -0.467 e. The lowest BCUT2D eigenvalue weighted by molar-refractivity contribution is -0.141. The van der Waals surface area contributed by atoms with E-state index in [9.17, 15) is 9.59 Å². The molecular weight excluding hydrogens is 354 g/mol. The Morgan fingerprint density at radius 3 is 2.79 bits per heavy atom. The molecule has 4 rings (SSSR count). The summed E-state index contributed by atoms with van der Waals surface area (Å²) in [4.78, 5) is 29.2. The zero-order chi connectivity index (χ0) is 19.5. The molecule has 0 radical (unpaired) electrons. The summed E-state index contributed by atoms with van der Waals surface area (Å²) in [6, 6.07) is 17.4. The van der Waals surface area contributed by atoms with E-state index in [1.165, 1.54) is 7.11 Å². The van der Waals surface area contributed by atoms with Gasteiger partial charge in [-0.05, 0) is 54.6 Å². The third kappa shape index (κ3) is 3.58. The summed E-state index contributed by atoms with van der Waals surface area (Å²) in [5, 5.41) is 4.31. The van der Waals surface area contributed by atoms with Gasteiger partial charge >= 0.3 is 5.97 Å². The van der Waals surface area contributed by atoms with Crippen LogP contribution in [0.2, 0.25) is 0 Å². The molecule has 0 aliphatic carbocycles. The molecule has 2 heterocycles. The molecule has 6 heteroatoms. The summed E-state index contributed by atoms with van der Waals surface area (Å²) < 4.78 is 4.91. The number of aromatic amines is 1. The maximum Gasteiger partial charge on any atom is 0.328 e. The second kappa shape index (κ2) is 7.76. The van der Waals surface area contributed by atoms with Crippen molar-refractivity contribution in [1.82, 2.24) is 4.98 Å². The molecule has 1 fully saturated rings. The van der Waals surface area contributed by atoms with Gasteiger partial charge in [0.15, 0.2) is 0 Å². The van der Waals surface area contributed by atoms with Crippen molar-refractivity contribution >= 4 is 28.2 Å². The molecular formula is C22H23N3O3. The van der Waals surface area contributed by atoms with Gasteiger partial charge in [0.25, 0.3) is 5.56 Å². The minimum absolute atomic E-state index is 0.0826. The van der Waals surface area contributed by atoms with Crippen LogP contribution in [0.5, 0.6) is 0 Å². The Hall–Kier alpha value is -3.28. The number of H-pyrrole nitrogens is 1. The zero-order valence-corrected chi connectivity index (χ0v) is 15.8. The Labute approximate surface area is 163 Å². The first kappa shape index (κ1) is 18.1. The predicted octanol–water partition coefficient (Wildman–Crippen LogP) is 3.28. The highest BCUT2D eigenvalue weighted by Crippen LogP contribution is 2.27. The molecule has 1 aliphatic heterocycles. The highest BCUT2D eigenvalue weighted by molar-refractivity contribution is 5.81. The van der Waals surface area contributed by atoms with Gasteiger partial charge in [0.2, 0.25) is 0 Å². The third-order valence-electron chi connectivity index (χ3n) is 5.24. The fraction of sp³-hybridized carbons (Fsp3) is 0.273. The van der Waals surface area contributed by atoms with Crippen LogP contribution in [0.4, 0.5) is 11.4 Å². The minimum atomic E-state index is -0.208. The number of hydrogen-bond acceptors (Lipinski definition) is 5. The molecule has 144 valence electrons. The number of para-hydroxylation sites is 1. The van der Waals surface area contributed by atoms with Gasteiger partial charge in [0.1, 0.15) is 6.04 Å². The number of rotatable bonds is 5. The van der Waals surface area contributed by atoms with E-state index < -0.39 is 0 Å². The van der Waals surface area contributed by atoms with Crippen molar-refractivity contribution in [3.8, 4) is 0 Å². The number of esters is 1. The number of carbonyl (C=O) groups excluding carboxylic acids is 1. The predicted molar refractivity (Wildman–Crippen MR) is 111 cm³/mol. The molecule has 0 bridgehead atoms. The Morgan fingerprint density at radius 2 is 2.00 bits per heavy atom. The van der Waals surface area contributed by atoms with Crippen LogP contribution in [0, 0.1) is 0 Å². The number of fused-ring (bicyclic) bond motifs is 1. The van der Waals surface area contributed by atoms with Crippen molar-refractivity contribution in [2.75, 3.05) is 23.9 Å². The summed E-state index contributed by atoms with van der Waals surface area (Å²) in [6.45, 7) is 1.28. The van der Waals surface area contributed by atoms with Crippen LogP contribution < -0.4 is 15.8 Å². The standard InChI is InChI=1S/C22H23N3O3/c1-28-22(27)20-7-4-12-25(20)18-10-8-17(9-11-18)23-14-16-13-15-5-2-3-6-19(15)24-21(16)26/h2-3,5-6,8-11,13,20,23H,4,7,12,14H2,1H3,(H,24,26). The second-order valence-corrected chi connectivity index (χ2v) is 6.99. The SMILES string of the molecule is COC(=O)C1CCCN1c1ccc(NCc2cc3ccccc3[nH]c2=O)cc1. The number of benzene rings is 2. The van der Waals surface area contributed by atoms with Crippen LogP contribution in [0.3, 0.4) is 0 Å². The van der Waals surface area contributed by atoms with E-state index in [1.54, 1.807) is 0 Å². The van der Waals surface area contributed by atoms with Gasteiger partial charge in [-0.2, -0.15) is 0 Å². The van der Waals surface area contributed by atoms with E-state index in [0.29, 0.717) is 12.1 Å². The number of ether oxygens (including phenoxy) is 1. The fourth-order valence-electron chi connectivity index (χ4n) is 3.75. The van der Waals surface area contributed by atoms with Gasteiger partial charge in [-0.15, -0.1) is 0 Å². The lowest BCUT2D eigenvalue weighted by Crippen LogP contribution is -2.36. The van der Waals surface area contributed by atoms with Crippen LogP contribution >= 0.6 is 0 Å². The van der Waals surface area contributed by atoms with Gasteiger partial charge in [-0.25, -0.2) is 4.79 Å². The molecule has 0 amide bonds. The van der Waals surface area contributed by atoms with Crippen LogP contribution in [0.25, 0.3) is 10.9 Å². The molecule has 1 aromatic heterocycles. The number of pyridine rings is 1. The Kier molecular flexibility index (Phi) is 5.02. The van der Waals surface area contributed by atoms with Gasteiger partial charge in [0.05, 0.1) is 7.11 Å². The average Bonchev–Trinajstić information content (AvgIpc) is 3.22. The number of nitrogens with one attached hydrogen (secondary N) is 2. The third-order valence-corrected chi connectivity index (χ3v) is 5.24. The second-order valence-electron chi connectivity index (χ2n) is 6.99. The van der Waals surface area contributed by atoms with Gasteiger partial charge in [-0.3, -0.25) is 4.79 Å². The van der Waals surface area contributed by atoms with E-state index in [-0.39, 0.29) is 17.6 Å². The quantitative estimate of drug-likeness (QED) is 0.668. The average molecular weight is 377 g/mol. The van der Waals surface area contributed by atoms with Crippen molar-refractivity contribution in [1.29, 1.82) is 0 Å². The number of carbonyl (C=O) groups is 1. The number of hydrogen-bond donors (Lipinski definition) is 2. The van der Waals surface area contributed by atoms with Crippen molar-refractivity contribution in [2.24, 2.45) is 0 Å². The van der Waals surface area contributed by atoms with E-state index in [2.05, 4.69) is 15.2 Å². The molecule has 0 spiro atoms. The van der Waals surface area contributed by atoms with Crippen LogP contribution in [-0.2, 0) is 16.1 Å². The first-order chi connectivity index (χ1) is 13.7. The smallest absolute Gasteiger partial charge is 0.328 e. The van der Waals surface area contributed by atoms with Crippen molar-refractivity contribution in [3.05, 3.63) is 70.5 Å². The van der Waals surface area contributed by atoms with E-state index in [0.717, 1.165) is 41.7 Å². The summed E-state index contributed by atoms with van der Waals surface area (Å²) in [5.41, 5.74) is 3.37. The summed E-state index contributed by atoms with van der Waals surface area (Å²) >= 11 is 0. The number of methoxy groups -OCH3 is 1. The summed E-state index contributed by atoms with van der Waals surface area (Å²) in [6.07, 6.45) is 1.79. The Morgan fingerprint density at radius 1 is 1.21 bits per heavy atom. The maximum absolute atomic E-state index is 12.3. The first-order valence-corrected chi connectivity index (χ1v) is 9.45. The molecule has 1 atom stereocenters. The maximum atomic E-state index is 12.3. The van der Waals surface area contributed by atoms with Crippen LogP contribution in [-0.4, -0.2) is 30.6 Å². The van der Waals surface area contributed by atoms with Crippen molar-refractivity contribution in [2.45, 2.75) is 25.4 Å². The Balaban J connectivity index is 1.46. The largest absolute Gasteiger partial charge is 0.467 e. The van der Waals surface area contributed by atoms with E-state index >= 15 is 0 Å². The van der Waals surface area contributed by atoms with Gasteiger partial charge in [-0.1, -0.05) is 18.2 Å². The number of nitrogens with zero attached hydrogens (tertiary/aromatic N) is 1. The van der Waals surface area contributed by atoms with E-state index in [1.807, 2.05) is 54.6 Å². The van der Waals surface area contributed by atoms with Crippen molar-refractivity contribution < 1.29 is 9.53 Å². The van der Waals surface area contributed by atoms with E-state index in [4.69, 9.17) is 4.74 Å².